The predicted octanol–water partition coefficient (Wildman–Crippen LogP) is -0.665. The van der Waals surface area contributed by atoms with Gasteiger partial charge in [0.2, 0.25) is 29.5 Å². The molecule has 0 bridgehead atoms. The molecule has 1 saturated heterocycles. The Bertz CT molecular complexity index is 1170. The van der Waals surface area contributed by atoms with Crippen molar-refractivity contribution in [2.45, 2.75) is 83.6 Å². The van der Waals surface area contributed by atoms with E-state index >= 15 is 0 Å². The maximum absolute atomic E-state index is 13.7. The normalized spacial score (nSPS) is 24.7. The van der Waals surface area contributed by atoms with Gasteiger partial charge in [0.15, 0.2) is 5.96 Å². The van der Waals surface area contributed by atoms with E-state index in [1.807, 2.05) is 0 Å². The minimum Gasteiger partial charge on any atom is -0.497 e. The molecular weight excluding hydrogens is 544 g/mol. The van der Waals surface area contributed by atoms with Crippen molar-refractivity contribution in [1.29, 1.82) is 0 Å². The molecule has 5 amide bonds. The van der Waals surface area contributed by atoms with E-state index in [1.165, 1.54) is 14.0 Å². The van der Waals surface area contributed by atoms with E-state index in [-0.39, 0.29) is 31.8 Å². The number of carbonyl (C=O) groups is 5. The Labute approximate surface area is 246 Å². The van der Waals surface area contributed by atoms with Gasteiger partial charge >= 0.3 is 0 Å². The molecule has 1 aliphatic heterocycles. The van der Waals surface area contributed by atoms with Crippen LogP contribution in [0.2, 0.25) is 0 Å². The number of amides is 5. The maximum Gasteiger partial charge on any atom is 0.247 e. The van der Waals surface area contributed by atoms with Crippen LogP contribution >= 0.6 is 0 Å². The lowest BCUT2D eigenvalue weighted by molar-refractivity contribution is -0.138. The first-order valence-corrected chi connectivity index (χ1v) is 14.0. The number of benzene rings is 1. The smallest absolute Gasteiger partial charge is 0.247 e. The third-order valence-electron chi connectivity index (χ3n) is 7.08. The molecule has 9 N–H and O–H groups in total. The number of hydrogen-bond acceptors (Lipinski definition) is 7. The van der Waals surface area contributed by atoms with Gasteiger partial charge in [0.05, 0.1) is 13.2 Å². The van der Waals surface area contributed by atoms with Crippen LogP contribution in [0.3, 0.4) is 0 Å². The molecule has 0 aliphatic carbocycles. The summed E-state index contributed by atoms with van der Waals surface area (Å²) in [5, 5.41) is 13.6. The monoisotopic (exact) mass is 588 g/mol. The van der Waals surface area contributed by atoms with Crippen molar-refractivity contribution in [3.63, 3.8) is 0 Å². The van der Waals surface area contributed by atoms with Crippen LogP contribution < -0.4 is 42.8 Å². The van der Waals surface area contributed by atoms with Crippen LogP contribution in [-0.2, 0) is 24.0 Å². The molecule has 14 nitrogen and oxygen atoms in total. The highest BCUT2D eigenvalue weighted by Crippen LogP contribution is 2.20. The average Bonchev–Trinajstić information content (AvgIpc) is 2.95. The van der Waals surface area contributed by atoms with E-state index in [1.54, 1.807) is 52.0 Å². The molecule has 5 atom stereocenters. The van der Waals surface area contributed by atoms with Crippen molar-refractivity contribution in [3.05, 3.63) is 29.8 Å². The van der Waals surface area contributed by atoms with E-state index in [4.69, 9.17) is 16.2 Å². The summed E-state index contributed by atoms with van der Waals surface area (Å²) in [6, 6.07) is 2.26. The molecule has 1 fully saturated rings. The predicted molar refractivity (Wildman–Crippen MR) is 157 cm³/mol. The van der Waals surface area contributed by atoms with E-state index in [0.29, 0.717) is 11.3 Å². The van der Waals surface area contributed by atoms with Crippen LogP contribution in [0.1, 0.15) is 65.5 Å². The summed E-state index contributed by atoms with van der Waals surface area (Å²) < 4.78 is 5.20. The first-order valence-electron chi connectivity index (χ1n) is 14.0. The first kappa shape index (κ1) is 33.8. The van der Waals surface area contributed by atoms with Gasteiger partial charge < -0.3 is 42.8 Å². The Kier molecular flexibility index (Phi) is 12.1. The zero-order valence-electron chi connectivity index (χ0n) is 25.1. The summed E-state index contributed by atoms with van der Waals surface area (Å²) in [5.74, 6) is -3.10. The number of nitrogens with zero attached hydrogens (tertiary/aromatic N) is 1. The topological polar surface area (TPSA) is 219 Å². The van der Waals surface area contributed by atoms with Crippen LogP contribution in [0.15, 0.2) is 29.3 Å². The Hall–Kier alpha value is -4.36. The van der Waals surface area contributed by atoms with Gasteiger partial charge in [0.25, 0.3) is 0 Å². The first-order chi connectivity index (χ1) is 19.8. The Balaban J connectivity index is 2.59. The molecule has 0 spiro atoms. The largest absolute Gasteiger partial charge is 0.497 e. The lowest BCUT2D eigenvalue weighted by atomic mass is 9.93. The molecule has 232 valence electrons. The zero-order chi connectivity index (χ0) is 31.6. The Morgan fingerprint density at radius 3 is 2.21 bits per heavy atom. The molecule has 1 aliphatic rings. The number of hydrogen-bond donors (Lipinski definition) is 7. The van der Waals surface area contributed by atoms with Crippen molar-refractivity contribution in [2.24, 2.45) is 22.4 Å². The Morgan fingerprint density at radius 1 is 1.05 bits per heavy atom. The molecule has 2 rings (SSSR count). The maximum atomic E-state index is 13.7. The van der Waals surface area contributed by atoms with Crippen LogP contribution in [0.25, 0.3) is 0 Å². The van der Waals surface area contributed by atoms with Crippen LogP contribution in [-0.4, -0.2) is 72.8 Å². The van der Waals surface area contributed by atoms with Gasteiger partial charge in [0, 0.05) is 12.5 Å². The number of methoxy groups -OCH3 is 1. The van der Waals surface area contributed by atoms with E-state index in [2.05, 4.69) is 31.6 Å². The highest BCUT2D eigenvalue weighted by molar-refractivity contribution is 5.98. The molecule has 0 saturated carbocycles. The molecule has 14 heteroatoms. The van der Waals surface area contributed by atoms with Gasteiger partial charge in [-0.15, -0.1) is 0 Å². The van der Waals surface area contributed by atoms with Crippen molar-refractivity contribution < 1.29 is 28.7 Å². The lowest BCUT2D eigenvalue weighted by Crippen LogP contribution is -2.65. The number of guanidine groups is 1. The Morgan fingerprint density at radius 2 is 1.69 bits per heavy atom. The highest BCUT2D eigenvalue weighted by Gasteiger charge is 2.40. The number of carbonyl (C=O) groups excluding carboxylic acids is 5. The zero-order valence-corrected chi connectivity index (χ0v) is 25.1. The van der Waals surface area contributed by atoms with Crippen molar-refractivity contribution >= 4 is 35.5 Å². The second-order valence-electron chi connectivity index (χ2n) is 10.7. The lowest BCUT2D eigenvalue weighted by Gasteiger charge is -2.34. The summed E-state index contributed by atoms with van der Waals surface area (Å²) in [6.45, 7) is 8.25. The number of nitrogens with two attached hydrogens (primary N) is 2. The van der Waals surface area contributed by atoms with Gasteiger partial charge in [-0.2, -0.15) is 0 Å². The van der Waals surface area contributed by atoms with Crippen molar-refractivity contribution in [2.75, 3.05) is 13.7 Å². The quantitative estimate of drug-likeness (QED) is 0.152. The van der Waals surface area contributed by atoms with Crippen LogP contribution in [0.5, 0.6) is 5.75 Å². The minimum absolute atomic E-state index is 0.0304. The molecular formula is C28H44N8O6. The van der Waals surface area contributed by atoms with Gasteiger partial charge in [-0.1, -0.05) is 39.8 Å². The third kappa shape index (κ3) is 8.82. The molecule has 0 radical (unpaired) electrons. The fourth-order valence-electron chi connectivity index (χ4n) is 4.37. The summed E-state index contributed by atoms with van der Waals surface area (Å²) in [7, 11) is 1.51. The number of nitrogens with one attached hydrogen (secondary N) is 5. The van der Waals surface area contributed by atoms with Crippen molar-refractivity contribution in [1.82, 2.24) is 26.6 Å². The summed E-state index contributed by atoms with van der Waals surface area (Å²) >= 11 is 0. The van der Waals surface area contributed by atoms with Gasteiger partial charge in [0.1, 0.15) is 29.4 Å². The number of aliphatic imine (C=N–C) groups is 1. The molecule has 1 aromatic carbocycles. The molecule has 1 aromatic rings. The standard InChI is InChI=1S/C28H44N8O6/c1-7-18(33-27(29)30)21-25(40)32-19(8-2)23(38)34-20(16-9-11-17(42-6)12-10-16)24(39)31-14-13-28(5,26(41)35-21)36-22(37)15(3)4/h9-12,15,18-21H,7-8,13-14H2,1-6H3,(H,31,39)(H,32,40)(H,34,38)(H,35,41)(H,36,37)(H4,29,30,33)/t18?,19-,20+,21-,28+/m0/s1. The molecule has 0 aromatic heterocycles. The van der Waals surface area contributed by atoms with E-state index in [9.17, 15) is 24.0 Å². The van der Waals surface area contributed by atoms with Crippen LogP contribution in [0, 0.1) is 5.92 Å². The van der Waals surface area contributed by atoms with Gasteiger partial charge in [-0.05, 0) is 43.9 Å². The molecule has 1 unspecified atom stereocenters. The summed E-state index contributed by atoms with van der Waals surface area (Å²) in [6.07, 6.45) is 0.414. The average molecular weight is 589 g/mol. The second kappa shape index (κ2) is 15.0. The van der Waals surface area contributed by atoms with E-state index < -0.39 is 65.2 Å². The number of ether oxygens (including phenoxy) is 1. The van der Waals surface area contributed by atoms with Gasteiger partial charge in [-0.25, -0.2) is 4.99 Å². The number of rotatable bonds is 8. The van der Waals surface area contributed by atoms with E-state index in [0.717, 1.165) is 0 Å². The third-order valence-corrected chi connectivity index (χ3v) is 7.08. The summed E-state index contributed by atoms with van der Waals surface area (Å²) in [5.41, 5.74) is 10.2. The van der Waals surface area contributed by atoms with Crippen molar-refractivity contribution in [3.8, 4) is 5.75 Å². The molecule has 1 heterocycles. The van der Waals surface area contributed by atoms with Gasteiger partial charge in [-0.3, -0.25) is 24.0 Å². The summed E-state index contributed by atoms with van der Waals surface area (Å²) in [4.78, 5) is 71.0. The minimum atomic E-state index is -1.53. The fraction of sp³-hybridized carbons (Fsp3) is 0.571. The van der Waals surface area contributed by atoms with Crippen LogP contribution in [0.4, 0.5) is 0 Å². The highest BCUT2D eigenvalue weighted by atomic mass is 16.5. The SMILES string of the molecule is CCC(N=C(N)N)[C@@H]1NC(=O)[C@](C)(NC(=O)C(C)C)CCNC(=O)[C@@H](c2ccc(OC)cc2)NC(=O)[C@H](CC)NC1=O. The fourth-order valence-corrected chi connectivity index (χ4v) is 4.37. The second-order valence-corrected chi connectivity index (χ2v) is 10.7. The molecule has 42 heavy (non-hydrogen) atoms.